The van der Waals surface area contributed by atoms with Crippen LogP contribution in [0, 0.1) is 39.0 Å². The highest BCUT2D eigenvalue weighted by Gasteiger charge is 2.28. The van der Waals surface area contributed by atoms with E-state index in [4.69, 9.17) is 18.9 Å². The second-order valence-electron chi connectivity index (χ2n) is 9.64. The highest BCUT2D eigenvalue weighted by atomic mass is 32.1. The summed E-state index contributed by atoms with van der Waals surface area (Å²) in [7, 11) is 1.52. The molecule has 0 aliphatic heterocycles. The first-order valence-corrected chi connectivity index (χ1v) is 14.3. The number of benzene rings is 2. The van der Waals surface area contributed by atoms with Crippen LogP contribution in [-0.2, 0) is 27.3 Å². The summed E-state index contributed by atoms with van der Waals surface area (Å²) in [6.07, 6.45) is 1.20. The van der Waals surface area contributed by atoms with E-state index < -0.39 is 17.7 Å². The first-order chi connectivity index (χ1) is 20.0. The van der Waals surface area contributed by atoms with E-state index in [1.807, 2.05) is 6.07 Å². The zero-order chi connectivity index (χ0) is 31.0. The van der Waals surface area contributed by atoms with Crippen molar-refractivity contribution in [2.24, 2.45) is 0 Å². The first-order valence-electron chi connectivity index (χ1n) is 13.5. The zero-order valence-electron chi connectivity index (χ0n) is 25.0. The number of Topliss-reactive ketones (excluding diaryl/α,β-unsaturated/α-hetero) is 1. The fourth-order valence-corrected chi connectivity index (χ4v) is 5.81. The van der Waals surface area contributed by atoms with Crippen molar-refractivity contribution < 1.29 is 33.3 Å². The first kappa shape index (κ1) is 32.1. The molecule has 0 saturated heterocycles. The van der Waals surface area contributed by atoms with E-state index in [0.29, 0.717) is 34.1 Å². The van der Waals surface area contributed by atoms with Crippen molar-refractivity contribution in [2.75, 3.05) is 20.3 Å². The van der Waals surface area contributed by atoms with Gasteiger partial charge in [-0.25, -0.2) is 9.59 Å². The van der Waals surface area contributed by atoms with E-state index in [0.717, 1.165) is 28.0 Å². The zero-order valence-corrected chi connectivity index (χ0v) is 25.8. The van der Waals surface area contributed by atoms with Crippen molar-refractivity contribution in [3.05, 3.63) is 84.6 Å². The number of thiophene rings is 1. The number of nitriles is 1. The van der Waals surface area contributed by atoms with Gasteiger partial charge in [-0.3, -0.25) is 4.79 Å². The minimum atomic E-state index is -0.636. The maximum atomic E-state index is 13.3. The summed E-state index contributed by atoms with van der Waals surface area (Å²) in [5.74, 6) is -0.748. The minimum absolute atomic E-state index is 0.116. The van der Waals surface area contributed by atoms with Gasteiger partial charge in [-0.15, -0.1) is 11.3 Å². The number of esters is 2. The summed E-state index contributed by atoms with van der Waals surface area (Å²) in [5.41, 5.74) is 5.56. The van der Waals surface area contributed by atoms with Crippen LogP contribution in [0.25, 0.3) is 6.08 Å². The standard InChI is InChI=1S/C33H35NO7S/c1-8-39-32(36)30-22(6)31(33(37)40-9-2)42-29(30)16-26(35)24(17-34)14-23-10-11-27(28(15-23)38-7)41-18-25-20(4)12-19(3)13-21(25)5/h10-15H,8-9,16,18H2,1-7H3/b24-14+. The molecule has 0 atom stereocenters. The lowest BCUT2D eigenvalue weighted by Gasteiger charge is -2.15. The Morgan fingerprint density at radius 1 is 0.929 bits per heavy atom. The maximum absolute atomic E-state index is 13.3. The number of allylic oxidation sites excluding steroid dienone is 1. The molecule has 0 bridgehead atoms. The van der Waals surface area contributed by atoms with Gasteiger partial charge in [-0.05, 0) is 87.6 Å². The molecule has 0 aliphatic rings. The number of nitrogens with zero attached hydrogens (tertiary/aromatic N) is 1. The van der Waals surface area contributed by atoms with Crippen LogP contribution in [0.1, 0.15) is 72.1 Å². The average molecular weight is 590 g/mol. The summed E-state index contributed by atoms with van der Waals surface area (Å²) in [5, 5.41) is 9.82. The normalized spacial score (nSPS) is 11.0. The Morgan fingerprint density at radius 2 is 1.57 bits per heavy atom. The van der Waals surface area contributed by atoms with Crippen LogP contribution >= 0.6 is 11.3 Å². The Morgan fingerprint density at radius 3 is 2.17 bits per heavy atom. The molecule has 220 valence electrons. The van der Waals surface area contributed by atoms with E-state index >= 15 is 0 Å². The van der Waals surface area contributed by atoms with Crippen LogP contribution < -0.4 is 9.47 Å². The monoisotopic (exact) mass is 589 g/mol. The molecule has 0 radical (unpaired) electrons. The van der Waals surface area contributed by atoms with E-state index in [1.54, 1.807) is 39.0 Å². The third-order valence-electron chi connectivity index (χ3n) is 6.61. The lowest BCUT2D eigenvalue weighted by Crippen LogP contribution is -2.12. The van der Waals surface area contributed by atoms with Crippen LogP contribution in [0.5, 0.6) is 11.5 Å². The van der Waals surface area contributed by atoms with Gasteiger partial charge in [0.15, 0.2) is 17.3 Å². The highest BCUT2D eigenvalue weighted by Crippen LogP contribution is 2.33. The fraction of sp³-hybridized carbons (Fsp3) is 0.333. The van der Waals surface area contributed by atoms with E-state index in [2.05, 4.69) is 32.9 Å². The second kappa shape index (κ2) is 14.5. The Balaban J connectivity index is 1.87. The van der Waals surface area contributed by atoms with Crippen molar-refractivity contribution in [1.82, 2.24) is 0 Å². The molecule has 0 amide bonds. The summed E-state index contributed by atoms with van der Waals surface area (Å²) in [4.78, 5) is 39.0. The number of carbonyl (C=O) groups is 3. The van der Waals surface area contributed by atoms with Gasteiger partial charge in [0.05, 0.1) is 31.5 Å². The highest BCUT2D eigenvalue weighted by molar-refractivity contribution is 7.14. The Labute approximate surface area is 250 Å². The molecule has 42 heavy (non-hydrogen) atoms. The van der Waals surface area contributed by atoms with E-state index in [9.17, 15) is 19.6 Å². The summed E-state index contributed by atoms with van der Waals surface area (Å²) < 4.78 is 21.9. The number of hydrogen-bond acceptors (Lipinski definition) is 9. The Hall–Kier alpha value is -4.42. The van der Waals surface area contributed by atoms with Gasteiger partial charge in [0.2, 0.25) is 0 Å². The summed E-state index contributed by atoms with van der Waals surface area (Å²) >= 11 is 0.996. The van der Waals surface area contributed by atoms with Crippen molar-refractivity contribution in [1.29, 1.82) is 5.26 Å². The van der Waals surface area contributed by atoms with Crippen LogP contribution in [0.4, 0.5) is 0 Å². The third kappa shape index (κ3) is 7.45. The molecule has 0 saturated carbocycles. The third-order valence-corrected chi connectivity index (χ3v) is 7.88. The second-order valence-corrected chi connectivity index (χ2v) is 10.7. The predicted octanol–water partition coefficient (Wildman–Crippen LogP) is 6.64. The van der Waals surface area contributed by atoms with Gasteiger partial charge in [-0.2, -0.15) is 5.26 Å². The van der Waals surface area contributed by atoms with Crippen molar-refractivity contribution in [3.63, 3.8) is 0 Å². The quantitative estimate of drug-likeness (QED) is 0.131. The summed E-state index contributed by atoms with van der Waals surface area (Å²) in [6, 6.07) is 11.3. The number of rotatable bonds is 12. The molecule has 0 N–H and O–H groups in total. The molecule has 9 heteroatoms. The topological polar surface area (TPSA) is 112 Å². The molecule has 0 spiro atoms. The molecule has 3 rings (SSSR count). The number of methoxy groups -OCH3 is 1. The van der Waals surface area contributed by atoms with Gasteiger partial charge >= 0.3 is 11.9 Å². The smallest absolute Gasteiger partial charge is 0.348 e. The predicted molar refractivity (Wildman–Crippen MR) is 161 cm³/mol. The molecule has 0 aliphatic carbocycles. The molecule has 3 aromatic rings. The molecule has 1 heterocycles. The van der Waals surface area contributed by atoms with Gasteiger partial charge in [0, 0.05) is 11.3 Å². The minimum Gasteiger partial charge on any atom is -0.493 e. The van der Waals surface area contributed by atoms with E-state index in [1.165, 1.54) is 18.7 Å². The van der Waals surface area contributed by atoms with Crippen molar-refractivity contribution in [3.8, 4) is 17.6 Å². The number of aryl methyl sites for hydroxylation is 3. The molecular formula is C33H35NO7S. The molecular weight excluding hydrogens is 554 g/mol. The van der Waals surface area contributed by atoms with E-state index in [-0.39, 0.29) is 35.6 Å². The Bertz CT molecular complexity index is 1550. The average Bonchev–Trinajstić information content (AvgIpc) is 3.27. The summed E-state index contributed by atoms with van der Waals surface area (Å²) in [6.45, 7) is 11.8. The van der Waals surface area contributed by atoms with Crippen molar-refractivity contribution in [2.45, 2.75) is 54.6 Å². The molecule has 0 unspecified atom stereocenters. The largest absolute Gasteiger partial charge is 0.493 e. The number of carbonyl (C=O) groups excluding carboxylic acids is 3. The van der Waals surface area contributed by atoms with Gasteiger partial charge in [0.25, 0.3) is 0 Å². The van der Waals surface area contributed by atoms with Gasteiger partial charge in [0.1, 0.15) is 17.6 Å². The molecule has 8 nitrogen and oxygen atoms in total. The van der Waals surface area contributed by atoms with Crippen LogP contribution in [0.3, 0.4) is 0 Å². The van der Waals surface area contributed by atoms with Crippen molar-refractivity contribution >= 4 is 35.1 Å². The van der Waals surface area contributed by atoms with Crippen LogP contribution in [0.2, 0.25) is 0 Å². The van der Waals surface area contributed by atoms with Gasteiger partial charge < -0.3 is 18.9 Å². The number of hydrogen-bond donors (Lipinski definition) is 0. The lowest BCUT2D eigenvalue weighted by molar-refractivity contribution is -0.114. The van der Waals surface area contributed by atoms with Crippen LogP contribution in [0.15, 0.2) is 35.9 Å². The van der Waals surface area contributed by atoms with Gasteiger partial charge in [-0.1, -0.05) is 23.8 Å². The SMILES string of the molecule is CCOC(=O)c1sc(CC(=O)/C(C#N)=C/c2ccc(OCc3c(C)cc(C)cc3C)c(OC)c2)c(C(=O)OCC)c1C. The number of ether oxygens (including phenoxy) is 4. The maximum Gasteiger partial charge on any atom is 0.348 e. The molecule has 2 aromatic carbocycles. The van der Waals surface area contributed by atoms with Crippen LogP contribution in [-0.4, -0.2) is 38.0 Å². The molecule has 0 fully saturated rings. The Kier molecular flexibility index (Phi) is 11.1. The lowest BCUT2D eigenvalue weighted by atomic mass is 10.0. The molecule has 1 aromatic heterocycles. The number of ketones is 1. The fourth-order valence-electron chi connectivity index (χ4n) is 4.62.